The minimum atomic E-state index is -0.140. The van der Waals surface area contributed by atoms with Crippen LogP contribution in [0.25, 0.3) is 0 Å². The van der Waals surface area contributed by atoms with Gasteiger partial charge in [0.15, 0.2) is 0 Å². The molecule has 4 nitrogen and oxygen atoms in total. The van der Waals surface area contributed by atoms with Crippen LogP contribution in [0, 0.1) is 0 Å². The Balaban J connectivity index is 2.61. The molecule has 1 heterocycles. The molecule has 0 aliphatic rings. The summed E-state index contributed by atoms with van der Waals surface area (Å²) in [6, 6.07) is 0. The lowest BCUT2D eigenvalue weighted by Crippen LogP contribution is -2.36. The minimum Gasteiger partial charge on any atom is -0.377 e. The highest BCUT2D eigenvalue weighted by Gasteiger charge is 2.17. The summed E-state index contributed by atoms with van der Waals surface area (Å²) in [7, 11) is 3.71. The molecule has 1 N–H and O–H groups in total. The third kappa shape index (κ3) is 3.79. The number of hydrogen-bond acceptors (Lipinski definition) is 3. The molecule has 0 amide bonds. The summed E-state index contributed by atoms with van der Waals surface area (Å²) in [6.07, 6.45) is 0.942. The smallest absolute Gasteiger partial charge is 0.0767 e. The van der Waals surface area contributed by atoms with Gasteiger partial charge < -0.3 is 10.1 Å². The van der Waals surface area contributed by atoms with E-state index in [1.807, 2.05) is 11.7 Å². The quantitative estimate of drug-likeness (QED) is 0.876. The molecular formula is C12H22BrN3O. The molecule has 0 aliphatic carbocycles. The Morgan fingerprint density at radius 2 is 2.12 bits per heavy atom. The minimum absolute atomic E-state index is 0.140. The number of hydrogen-bond donors (Lipinski definition) is 1. The zero-order valence-electron chi connectivity index (χ0n) is 11.3. The molecule has 1 aromatic rings. The summed E-state index contributed by atoms with van der Waals surface area (Å²) in [5.74, 6) is 0. The van der Waals surface area contributed by atoms with Gasteiger partial charge in [0.1, 0.15) is 0 Å². The molecule has 0 unspecified atom stereocenters. The van der Waals surface area contributed by atoms with Crippen molar-refractivity contribution in [2.24, 2.45) is 7.05 Å². The first-order chi connectivity index (χ1) is 7.91. The van der Waals surface area contributed by atoms with Crippen molar-refractivity contribution in [1.29, 1.82) is 0 Å². The topological polar surface area (TPSA) is 39.1 Å². The van der Waals surface area contributed by atoms with Crippen molar-refractivity contribution in [3.8, 4) is 0 Å². The van der Waals surface area contributed by atoms with E-state index in [0.29, 0.717) is 0 Å². The van der Waals surface area contributed by atoms with E-state index in [1.165, 1.54) is 5.69 Å². The van der Waals surface area contributed by atoms with Crippen molar-refractivity contribution >= 4 is 15.9 Å². The average molecular weight is 304 g/mol. The number of methoxy groups -OCH3 is 1. The first-order valence-corrected chi connectivity index (χ1v) is 6.66. The molecule has 1 rings (SSSR count). The molecule has 0 saturated heterocycles. The van der Waals surface area contributed by atoms with Crippen molar-refractivity contribution < 1.29 is 4.74 Å². The van der Waals surface area contributed by atoms with Crippen LogP contribution >= 0.6 is 15.9 Å². The number of rotatable bonds is 6. The van der Waals surface area contributed by atoms with Crippen molar-refractivity contribution in [3.05, 3.63) is 15.9 Å². The van der Waals surface area contributed by atoms with Gasteiger partial charge in [-0.15, -0.1) is 0 Å². The Bertz CT molecular complexity index is 374. The summed E-state index contributed by atoms with van der Waals surface area (Å²) >= 11 is 3.61. The Hall–Kier alpha value is -0.390. The summed E-state index contributed by atoms with van der Waals surface area (Å²) in [4.78, 5) is 0. The Labute approximate surface area is 112 Å². The molecule has 17 heavy (non-hydrogen) atoms. The van der Waals surface area contributed by atoms with Crippen molar-refractivity contribution in [3.63, 3.8) is 0 Å². The van der Waals surface area contributed by atoms with Crippen LogP contribution in [0.2, 0.25) is 0 Å². The van der Waals surface area contributed by atoms with Gasteiger partial charge in [0.05, 0.1) is 21.5 Å². The van der Waals surface area contributed by atoms with Crippen LogP contribution in [0.3, 0.4) is 0 Å². The molecule has 0 atom stereocenters. The second kappa shape index (κ2) is 5.98. The monoisotopic (exact) mass is 303 g/mol. The van der Waals surface area contributed by atoms with Gasteiger partial charge in [-0.3, -0.25) is 4.68 Å². The highest BCUT2D eigenvalue weighted by molar-refractivity contribution is 9.10. The molecule has 0 spiro atoms. The Morgan fingerprint density at radius 1 is 1.47 bits per heavy atom. The van der Waals surface area contributed by atoms with Gasteiger partial charge in [0.2, 0.25) is 0 Å². The lowest BCUT2D eigenvalue weighted by molar-refractivity contribution is 0.0229. The van der Waals surface area contributed by atoms with Crippen LogP contribution < -0.4 is 5.32 Å². The maximum Gasteiger partial charge on any atom is 0.0767 e. The average Bonchev–Trinajstić information content (AvgIpc) is 2.56. The van der Waals surface area contributed by atoms with Crippen LogP contribution in [-0.4, -0.2) is 29.0 Å². The van der Waals surface area contributed by atoms with Crippen molar-refractivity contribution in [2.75, 3.05) is 13.7 Å². The zero-order valence-corrected chi connectivity index (χ0v) is 12.9. The molecule has 1 aromatic heterocycles. The maximum atomic E-state index is 5.37. The fourth-order valence-corrected chi connectivity index (χ4v) is 2.32. The van der Waals surface area contributed by atoms with Crippen LogP contribution in [0.5, 0.6) is 0 Å². The van der Waals surface area contributed by atoms with Gasteiger partial charge in [-0.2, -0.15) is 5.10 Å². The fourth-order valence-electron chi connectivity index (χ4n) is 1.57. The molecular weight excluding hydrogens is 282 g/mol. The first kappa shape index (κ1) is 14.7. The summed E-state index contributed by atoms with van der Waals surface area (Å²) < 4.78 is 8.41. The summed E-state index contributed by atoms with van der Waals surface area (Å²) in [5, 5.41) is 7.86. The molecule has 0 aliphatic heterocycles. The number of aromatic nitrogens is 2. The molecule has 0 bridgehead atoms. The lowest BCUT2D eigenvalue weighted by atomic mass is 10.1. The highest BCUT2D eigenvalue weighted by Crippen LogP contribution is 2.21. The van der Waals surface area contributed by atoms with E-state index in [0.717, 1.165) is 29.7 Å². The third-order valence-electron chi connectivity index (χ3n) is 2.90. The van der Waals surface area contributed by atoms with E-state index in [4.69, 9.17) is 4.74 Å². The number of halogens is 1. The van der Waals surface area contributed by atoms with E-state index in [2.05, 4.69) is 47.1 Å². The molecule has 5 heteroatoms. The molecule has 0 fully saturated rings. The van der Waals surface area contributed by atoms with Crippen molar-refractivity contribution in [1.82, 2.24) is 15.1 Å². The van der Waals surface area contributed by atoms with E-state index < -0.39 is 0 Å². The predicted octanol–water partition coefficient (Wildman–Crippen LogP) is 2.26. The molecule has 0 aromatic carbocycles. The van der Waals surface area contributed by atoms with Gasteiger partial charge in [-0.25, -0.2) is 0 Å². The van der Waals surface area contributed by atoms with E-state index in [-0.39, 0.29) is 5.60 Å². The van der Waals surface area contributed by atoms with Gasteiger partial charge in [-0.1, -0.05) is 6.92 Å². The number of nitrogens with one attached hydrogen (secondary N) is 1. The maximum absolute atomic E-state index is 5.37. The third-order valence-corrected chi connectivity index (χ3v) is 3.81. The van der Waals surface area contributed by atoms with Crippen LogP contribution in [0.15, 0.2) is 4.47 Å². The second-order valence-electron chi connectivity index (χ2n) is 4.75. The normalized spacial score (nSPS) is 12.1. The molecule has 0 radical (unpaired) electrons. The predicted molar refractivity (Wildman–Crippen MR) is 73.1 cm³/mol. The van der Waals surface area contributed by atoms with Crippen molar-refractivity contribution in [2.45, 2.75) is 39.3 Å². The standard InChI is InChI=1S/C12H22BrN3O/c1-6-9-11(13)10(16(4)15-9)7-14-8-12(2,3)17-5/h14H,6-8H2,1-5H3. The Kier molecular flexibility index (Phi) is 5.16. The molecule has 98 valence electrons. The zero-order chi connectivity index (χ0) is 13.1. The summed E-state index contributed by atoms with van der Waals surface area (Å²) in [6.45, 7) is 7.84. The van der Waals surface area contributed by atoms with Crippen LogP contribution in [0.4, 0.5) is 0 Å². The van der Waals surface area contributed by atoms with E-state index in [1.54, 1.807) is 7.11 Å². The summed E-state index contributed by atoms with van der Waals surface area (Å²) in [5.41, 5.74) is 2.14. The van der Waals surface area contributed by atoms with Crippen LogP contribution in [-0.2, 0) is 24.8 Å². The SMILES string of the molecule is CCc1nn(C)c(CNCC(C)(C)OC)c1Br. The van der Waals surface area contributed by atoms with Gasteiger partial charge in [0.25, 0.3) is 0 Å². The highest BCUT2D eigenvalue weighted by atomic mass is 79.9. The fraction of sp³-hybridized carbons (Fsp3) is 0.750. The lowest BCUT2D eigenvalue weighted by Gasteiger charge is -2.23. The first-order valence-electron chi connectivity index (χ1n) is 5.87. The van der Waals surface area contributed by atoms with Gasteiger partial charge in [-0.05, 0) is 36.2 Å². The van der Waals surface area contributed by atoms with Crippen LogP contribution in [0.1, 0.15) is 32.2 Å². The molecule has 0 saturated carbocycles. The second-order valence-corrected chi connectivity index (χ2v) is 5.54. The number of aryl methyl sites for hydroxylation is 2. The van der Waals surface area contributed by atoms with Gasteiger partial charge in [0, 0.05) is 27.2 Å². The van der Waals surface area contributed by atoms with Gasteiger partial charge >= 0.3 is 0 Å². The number of nitrogens with zero attached hydrogens (tertiary/aromatic N) is 2. The number of ether oxygens (including phenoxy) is 1. The van der Waals surface area contributed by atoms with E-state index >= 15 is 0 Å². The van der Waals surface area contributed by atoms with E-state index in [9.17, 15) is 0 Å². The largest absolute Gasteiger partial charge is 0.377 e. The Morgan fingerprint density at radius 3 is 2.59 bits per heavy atom.